The van der Waals surface area contributed by atoms with E-state index in [0.717, 1.165) is 35.0 Å². The van der Waals surface area contributed by atoms with Crippen LogP contribution in [0.3, 0.4) is 0 Å². The van der Waals surface area contributed by atoms with E-state index >= 15 is 0 Å². The van der Waals surface area contributed by atoms with Gasteiger partial charge < -0.3 is 14.2 Å². The molecule has 1 aliphatic rings. The molecule has 1 fully saturated rings. The molecule has 7 heteroatoms. The lowest BCUT2D eigenvalue weighted by atomic mass is 10.0. The van der Waals surface area contributed by atoms with Crippen LogP contribution in [0.25, 0.3) is 10.9 Å². The fourth-order valence-electron chi connectivity index (χ4n) is 4.07. The highest BCUT2D eigenvalue weighted by Gasteiger charge is 2.34. The number of aromatic nitrogens is 2. The lowest BCUT2D eigenvalue weighted by molar-refractivity contribution is 0.0356. The molecule has 0 saturated carbocycles. The first-order chi connectivity index (χ1) is 14.0. The summed E-state index contributed by atoms with van der Waals surface area (Å²) in [4.78, 5) is 29.8. The minimum atomic E-state index is -0.103. The molecule has 152 valence electrons. The molecule has 2 aromatic heterocycles. The molecule has 29 heavy (non-hydrogen) atoms. The van der Waals surface area contributed by atoms with E-state index in [4.69, 9.17) is 4.42 Å². The predicted octanol–water partition coefficient (Wildman–Crippen LogP) is 3.54. The van der Waals surface area contributed by atoms with Crippen molar-refractivity contribution in [3.8, 4) is 0 Å². The molecule has 0 spiro atoms. The molecular weight excluding hydrogens is 368 g/mol. The highest BCUT2D eigenvalue weighted by Crippen LogP contribution is 2.23. The van der Waals surface area contributed by atoms with Crippen molar-refractivity contribution in [3.05, 3.63) is 53.1 Å². The standard InChI is InChI=1S/C22H26N4O3/c1-4-5-17-13-25(22(28)20-14(2)8-11-29-20)9-10-26(17)21(27)16-6-7-18-15(3)23-24-19(18)12-16/h6-8,11-12,17H,4-5,9-10,13H2,1-3H3,(H,23,24). The highest BCUT2D eigenvalue weighted by atomic mass is 16.3. The maximum absolute atomic E-state index is 13.3. The van der Waals surface area contributed by atoms with E-state index in [2.05, 4.69) is 17.1 Å². The summed E-state index contributed by atoms with van der Waals surface area (Å²) in [6, 6.07) is 7.42. The Hall–Kier alpha value is -3.09. The van der Waals surface area contributed by atoms with Crippen molar-refractivity contribution in [2.24, 2.45) is 0 Å². The van der Waals surface area contributed by atoms with E-state index in [1.165, 1.54) is 0 Å². The van der Waals surface area contributed by atoms with Crippen LogP contribution < -0.4 is 0 Å². The molecule has 3 aromatic rings. The lowest BCUT2D eigenvalue weighted by Crippen LogP contribution is -2.56. The second-order valence-electron chi connectivity index (χ2n) is 7.71. The molecule has 3 heterocycles. The Bertz CT molecular complexity index is 1050. The number of amides is 2. The lowest BCUT2D eigenvalue weighted by Gasteiger charge is -2.41. The first kappa shape index (κ1) is 19.2. The van der Waals surface area contributed by atoms with Gasteiger partial charge in [-0.05, 0) is 38.5 Å². The van der Waals surface area contributed by atoms with Gasteiger partial charge in [0.15, 0.2) is 5.76 Å². The SMILES string of the molecule is CCCC1CN(C(=O)c2occc2C)CCN1C(=O)c1ccc2c(C)[nH]nc2c1. The summed E-state index contributed by atoms with van der Waals surface area (Å²) in [6.45, 7) is 7.44. The van der Waals surface area contributed by atoms with Crippen molar-refractivity contribution in [2.75, 3.05) is 19.6 Å². The molecular formula is C22H26N4O3. The summed E-state index contributed by atoms with van der Waals surface area (Å²) in [6.07, 6.45) is 3.32. The number of fused-ring (bicyclic) bond motifs is 1. The topological polar surface area (TPSA) is 82.4 Å². The molecule has 1 unspecified atom stereocenters. The number of hydrogen-bond donors (Lipinski definition) is 1. The maximum Gasteiger partial charge on any atom is 0.289 e. The van der Waals surface area contributed by atoms with E-state index in [1.807, 2.05) is 36.9 Å². The number of nitrogens with one attached hydrogen (secondary N) is 1. The third-order valence-electron chi connectivity index (χ3n) is 5.70. The van der Waals surface area contributed by atoms with Gasteiger partial charge in [-0.1, -0.05) is 19.4 Å². The Morgan fingerprint density at radius 3 is 2.76 bits per heavy atom. The quantitative estimate of drug-likeness (QED) is 0.734. The van der Waals surface area contributed by atoms with Crippen molar-refractivity contribution in [3.63, 3.8) is 0 Å². The van der Waals surface area contributed by atoms with Gasteiger partial charge >= 0.3 is 0 Å². The van der Waals surface area contributed by atoms with Crippen molar-refractivity contribution in [1.29, 1.82) is 0 Å². The third-order valence-corrected chi connectivity index (χ3v) is 5.70. The summed E-state index contributed by atoms with van der Waals surface area (Å²) >= 11 is 0. The Morgan fingerprint density at radius 2 is 2.03 bits per heavy atom. The number of aromatic amines is 1. The molecule has 1 atom stereocenters. The molecule has 2 amide bonds. The zero-order chi connectivity index (χ0) is 20.5. The number of carbonyl (C=O) groups is 2. The number of piperazine rings is 1. The van der Waals surface area contributed by atoms with Crippen LogP contribution in [0.5, 0.6) is 0 Å². The summed E-state index contributed by atoms with van der Waals surface area (Å²) in [5.74, 6) is 0.278. The summed E-state index contributed by atoms with van der Waals surface area (Å²) in [5, 5.41) is 8.26. The smallest absolute Gasteiger partial charge is 0.289 e. The number of furan rings is 1. The van der Waals surface area contributed by atoms with Crippen LogP contribution in [0.2, 0.25) is 0 Å². The molecule has 0 radical (unpaired) electrons. The normalized spacial score (nSPS) is 17.1. The average molecular weight is 394 g/mol. The van der Waals surface area contributed by atoms with Crippen molar-refractivity contribution in [2.45, 2.75) is 39.7 Å². The van der Waals surface area contributed by atoms with Gasteiger partial charge in [-0.25, -0.2) is 0 Å². The Morgan fingerprint density at radius 1 is 1.21 bits per heavy atom. The Labute approximate surface area is 169 Å². The van der Waals surface area contributed by atoms with Gasteiger partial charge in [-0.3, -0.25) is 14.7 Å². The number of rotatable bonds is 4. The predicted molar refractivity (Wildman–Crippen MR) is 110 cm³/mol. The number of aryl methyl sites for hydroxylation is 2. The number of H-pyrrole nitrogens is 1. The molecule has 1 N–H and O–H groups in total. The van der Waals surface area contributed by atoms with E-state index in [-0.39, 0.29) is 17.9 Å². The zero-order valence-electron chi connectivity index (χ0n) is 17.1. The van der Waals surface area contributed by atoms with Crippen LogP contribution in [0.1, 0.15) is 51.9 Å². The summed E-state index contributed by atoms with van der Waals surface area (Å²) in [5.41, 5.74) is 3.25. The van der Waals surface area contributed by atoms with Crippen molar-refractivity contribution >= 4 is 22.7 Å². The highest BCUT2D eigenvalue weighted by molar-refractivity contribution is 5.98. The van der Waals surface area contributed by atoms with Crippen LogP contribution in [0, 0.1) is 13.8 Å². The van der Waals surface area contributed by atoms with Crippen molar-refractivity contribution < 1.29 is 14.0 Å². The largest absolute Gasteiger partial charge is 0.459 e. The van der Waals surface area contributed by atoms with Gasteiger partial charge in [-0.2, -0.15) is 5.10 Å². The molecule has 0 bridgehead atoms. The molecule has 1 aliphatic heterocycles. The number of hydrogen-bond acceptors (Lipinski definition) is 4. The van der Waals surface area contributed by atoms with Crippen LogP contribution in [-0.2, 0) is 0 Å². The summed E-state index contributed by atoms with van der Waals surface area (Å²) in [7, 11) is 0. The van der Waals surface area contributed by atoms with E-state index in [9.17, 15) is 9.59 Å². The number of benzene rings is 1. The number of carbonyl (C=O) groups excluding carboxylic acids is 2. The van der Waals surface area contributed by atoms with Crippen molar-refractivity contribution in [1.82, 2.24) is 20.0 Å². The first-order valence-corrected chi connectivity index (χ1v) is 10.1. The molecule has 4 rings (SSSR count). The summed E-state index contributed by atoms with van der Waals surface area (Å²) < 4.78 is 5.38. The van der Waals surface area contributed by atoms with E-state index < -0.39 is 0 Å². The maximum atomic E-state index is 13.3. The fourth-order valence-corrected chi connectivity index (χ4v) is 4.07. The van der Waals surface area contributed by atoms with E-state index in [0.29, 0.717) is 31.0 Å². The minimum absolute atomic E-state index is 0.00715. The van der Waals surface area contributed by atoms with Crippen LogP contribution in [-0.4, -0.2) is 57.5 Å². The zero-order valence-corrected chi connectivity index (χ0v) is 17.1. The van der Waals surface area contributed by atoms with Gasteiger partial charge in [0, 0.05) is 47.9 Å². The molecule has 1 saturated heterocycles. The van der Waals surface area contributed by atoms with Gasteiger partial charge in [0.2, 0.25) is 0 Å². The molecule has 0 aliphatic carbocycles. The van der Waals surface area contributed by atoms with Crippen LogP contribution in [0.15, 0.2) is 34.9 Å². The number of nitrogens with zero attached hydrogens (tertiary/aromatic N) is 3. The molecule has 1 aromatic carbocycles. The third kappa shape index (κ3) is 3.52. The monoisotopic (exact) mass is 394 g/mol. The van der Waals surface area contributed by atoms with Gasteiger partial charge in [0.1, 0.15) is 0 Å². The Balaban J connectivity index is 1.54. The fraction of sp³-hybridized carbons (Fsp3) is 0.409. The average Bonchev–Trinajstić information content (AvgIpc) is 3.32. The van der Waals surface area contributed by atoms with Crippen LogP contribution >= 0.6 is 0 Å². The minimum Gasteiger partial charge on any atom is -0.459 e. The van der Waals surface area contributed by atoms with Crippen LogP contribution in [0.4, 0.5) is 0 Å². The Kier molecular flexibility index (Phi) is 5.13. The molecule has 7 nitrogen and oxygen atoms in total. The van der Waals surface area contributed by atoms with Gasteiger partial charge in [0.25, 0.3) is 11.8 Å². The van der Waals surface area contributed by atoms with Gasteiger partial charge in [0.05, 0.1) is 11.8 Å². The van der Waals surface area contributed by atoms with Gasteiger partial charge in [-0.15, -0.1) is 0 Å². The first-order valence-electron chi connectivity index (χ1n) is 10.1. The second-order valence-corrected chi connectivity index (χ2v) is 7.71. The second kappa shape index (κ2) is 7.73. The van der Waals surface area contributed by atoms with E-state index in [1.54, 1.807) is 17.2 Å².